The molecule has 2 heterocycles. The third-order valence-electron chi connectivity index (χ3n) is 5.70. The number of piperazine rings is 1. The zero-order chi connectivity index (χ0) is 18.5. The average Bonchev–Trinajstić information content (AvgIpc) is 2.68. The van der Waals surface area contributed by atoms with Gasteiger partial charge in [0.25, 0.3) is 0 Å². The number of amides is 2. The van der Waals surface area contributed by atoms with Gasteiger partial charge in [0.05, 0.1) is 6.54 Å². The second-order valence-corrected chi connectivity index (χ2v) is 7.34. The van der Waals surface area contributed by atoms with E-state index in [4.69, 9.17) is 0 Å². The minimum Gasteiger partial charge on any atom is -0.372 e. The van der Waals surface area contributed by atoms with E-state index in [1.807, 2.05) is 15.9 Å². The molecule has 2 saturated heterocycles. The smallest absolute Gasteiger partial charge is 0.236 e. The number of carbonyl (C=O) groups is 2. The molecular formula is C20H30N4O2. The third-order valence-corrected chi connectivity index (χ3v) is 5.70. The fourth-order valence-electron chi connectivity index (χ4n) is 3.90. The van der Waals surface area contributed by atoms with E-state index in [0.29, 0.717) is 38.8 Å². The van der Waals surface area contributed by atoms with E-state index in [2.05, 4.69) is 41.1 Å². The molecule has 26 heavy (non-hydrogen) atoms. The summed E-state index contributed by atoms with van der Waals surface area (Å²) < 4.78 is 0. The van der Waals surface area contributed by atoms with Crippen LogP contribution in [0.15, 0.2) is 30.3 Å². The molecule has 0 radical (unpaired) electrons. The van der Waals surface area contributed by atoms with Crippen molar-refractivity contribution >= 4 is 17.5 Å². The van der Waals surface area contributed by atoms with E-state index in [1.165, 1.54) is 5.69 Å². The van der Waals surface area contributed by atoms with E-state index < -0.39 is 0 Å². The van der Waals surface area contributed by atoms with Gasteiger partial charge in [-0.2, -0.15) is 0 Å². The first-order valence-electron chi connectivity index (χ1n) is 9.58. The number of anilines is 1. The second kappa shape index (κ2) is 8.54. The molecule has 2 amide bonds. The van der Waals surface area contributed by atoms with Crippen LogP contribution in [0.5, 0.6) is 0 Å². The Bertz CT molecular complexity index is 605. The van der Waals surface area contributed by atoms with Crippen molar-refractivity contribution in [1.29, 1.82) is 0 Å². The highest BCUT2D eigenvalue weighted by Crippen LogP contribution is 2.21. The third kappa shape index (κ3) is 4.55. The second-order valence-electron chi connectivity index (χ2n) is 7.34. The molecule has 1 aromatic rings. The Morgan fingerprint density at radius 3 is 2.12 bits per heavy atom. The predicted octanol–water partition coefficient (Wildman–Crippen LogP) is 1.28. The lowest BCUT2D eigenvalue weighted by Crippen LogP contribution is -2.53. The SMILES string of the molecule is CC(=O)N1CCN(C(=O)CN2CCC(N(C)c3ccccc3)CC2)CC1. The number of hydrogen-bond donors (Lipinski definition) is 0. The summed E-state index contributed by atoms with van der Waals surface area (Å²) >= 11 is 0. The maximum atomic E-state index is 12.6. The van der Waals surface area contributed by atoms with Crippen molar-refractivity contribution in [2.45, 2.75) is 25.8 Å². The Balaban J connectivity index is 1.43. The maximum Gasteiger partial charge on any atom is 0.236 e. The molecule has 0 N–H and O–H groups in total. The van der Waals surface area contributed by atoms with Gasteiger partial charge in [-0.15, -0.1) is 0 Å². The molecule has 0 aromatic heterocycles. The van der Waals surface area contributed by atoms with Crippen molar-refractivity contribution < 1.29 is 9.59 Å². The van der Waals surface area contributed by atoms with E-state index >= 15 is 0 Å². The lowest BCUT2D eigenvalue weighted by molar-refractivity contribution is -0.139. The zero-order valence-corrected chi connectivity index (χ0v) is 15.9. The number of para-hydroxylation sites is 1. The van der Waals surface area contributed by atoms with E-state index in [0.717, 1.165) is 25.9 Å². The van der Waals surface area contributed by atoms with Crippen LogP contribution < -0.4 is 4.90 Å². The van der Waals surface area contributed by atoms with Gasteiger partial charge in [0, 0.05) is 65.0 Å². The molecule has 2 fully saturated rings. The van der Waals surface area contributed by atoms with E-state index in [1.54, 1.807) is 6.92 Å². The van der Waals surface area contributed by atoms with Crippen molar-refractivity contribution in [3.05, 3.63) is 30.3 Å². The summed E-state index contributed by atoms with van der Waals surface area (Å²) in [6, 6.07) is 11.0. The van der Waals surface area contributed by atoms with Gasteiger partial charge < -0.3 is 14.7 Å². The Morgan fingerprint density at radius 1 is 0.962 bits per heavy atom. The lowest BCUT2D eigenvalue weighted by atomic mass is 10.0. The molecule has 2 aliphatic heterocycles. The number of carbonyl (C=O) groups excluding carboxylic acids is 2. The molecule has 0 saturated carbocycles. The minimum absolute atomic E-state index is 0.0988. The highest BCUT2D eigenvalue weighted by molar-refractivity contribution is 5.79. The molecule has 0 bridgehead atoms. The molecule has 142 valence electrons. The standard InChI is InChI=1S/C20H30N4O2/c1-17(25)23-12-14-24(15-13-23)20(26)16-22-10-8-19(9-11-22)21(2)18-6-4-3-5-7-18/h3-7,19H,8-16H2,1-2H3. The first-order valence-corrected chi connectivity index (χ1v) is 9.58. The molecule has 0 aliphatic carbocycles. The fourth-order valence-corrected chi connectivity index (χ4v) is 3.90. The average molecular weight is 358 g/mol. The van der Waals surface area contributed by atoms with Gasteiger partial charge >= 0.3 is 0 Å². The molecule has 1 aromatic carbocycles. The summed E-state index contributed by atoms with van der Waals surface area (Å²) in [7, 11) is 2.16. The van der Waals surface area contributed by atoms with Crippen molar-refractivity contribution in [3.63, 3.8) is 0 Å². The monoisotopic (exact) mass is 358 g/mol. The number of piperidine rings is 1. The molecule has 6 heteroatoms. The van der Waals surface area contributed by atoms with Crippen molar-refractivity contribution in [1.82, 2.24) is 14.7 Å². The van der Waals surface area contributed by atoms with Crippen LogP contribution in [-0.4, -0.2) is 85.4 Å². The van der Waals surface area contributed by atoms with Crippen LogP contribution in [0.25, 0.3) is 0 Å². The summed E-state index contributed by atoms with van der Waals surface area (Å²) in [5, 5.41) is 0. The summed E-state index contributed by atoms with van der Waals surface area (Å²) in [6.45, 7) is 6.64. The van der Waals surface area contributed by atoms with Crippen LogP contribution in [-0.2, 0) is 9.59 Å². The molecule has 0 atom stereocenters. The van der Waals surface area contributed by atoms with Crippen molar-refractivity contribution in [2.24, 2.45) is 0 Å². The van der Waals surface area contributed by atoms with Crippen LogP contribution in [0.2, 0.25) is 0 Å². The number of benzene rings is 1. The van der Waals surface area contributed by atoms with Crippen molar-refractivity contribution in [2.75, 3.05) is 57.8 Å². The number of rotatable bonds is 4. The van der Waals surface area contributed by atoms with Crippen LogP contribution in [0.3, 0.4) is 0 Å². The van der Waals surface area contributed by atoms with Crippen LogP contribution in [0.1, 0.15) is 19.8 Å². The summed E-state index contributed by atoms with van der Waals surface area (Å²) in [5.74, 6) is 0.296. The van der Waals surface area contributed by atoms with Gasteiger partial charge in [0.2, 0.25) is 11.8 Å². The van der Waals surface area contributed by atoms with E-state index in [9.17, 15) is 9.59 Å². The molecular weight excluding hydrogens is 328 g/mol. The lowest BCUT2D eigenvalue weighted by Gasteiger charge is -2.39. The largest absolute Gasteiger partial charge is 0.372 e. The molecule has 0 spiro atoms. The normalized spacial score (nSPS) is 19.5. The fraction of sp³-hybridized carbons (Fsp3) is 0.600. The highest BCUT2D eigenvalue weighted by atomic mass is 16.2. The van der Waals surface area contributed by atoms with E-state index in [-0.39, 0.29) is 11.8 Å². The number of nitrogens with zero attached hydrogens (tertiary/aromatic N) is 4. The predicted molar refractivity (Wildman–Crippen MR) is 103 cm³/mol. The summed E-state index contributed by atoms with van der Waals surface area (Å²) in [6.07, 6.45) is 2.16. The summed E-state index contributed by atoms with van der Waals surface area (Å²) in [4.78, 5) is 32.3. The quantitative estimate of drug-likeness (QED) is 0.813. The molecule has 6 nitrogen and oxygen atoms in total. The Morgan fingerprint density at radius 2 is 1.54 bits per heavy atom. The maximum absolute atomic E-state index is 12.6. The summed E-state index contributed by atoms with van der Waals surface area (Å²) in [5.41, 5.74) is 1.25. The van der Waals surface area contributed by atoms with Gasteiger partial charge in [-0.25, -0.2) is 0 Å². The Labute approximate surface area is 156 Å². The first kappa shape index (κ1) is 18.7. The molecule has 3 rings (SSSR count). The molecule has 2 aliphatic rings. The van der Waals surface area contributed by atoms with Gasteiger partial charge in [0.15, 0.2) is 0 Å². The first-order chi connectivity index (χ1) is 12.5. The van der Waals surface area contributed by atoms with Crippen LogP contribution in [0.4, 0.5) is 5.69 Å². The highest BCUT2D eigenvalue weighted by Gasteiger charge is 2.27. The number of likely N-dealkylation sites (tertiary alicyclic amines) is 1. The Kier molecular flexibility index (Phi) is 6.14. The van der Waals surface area contributed by atoms with Crippen molar-refractivity contribution in [3.8, 4) is 0 Å². The minimum atomic E-state index is 0.0988. The topological polar surface area (TPSA) is 47.1 Å². The molecule has 0 unspecified atom stereocenters. The van der Waals surface area contributed by atoms with Gasteiger partial charge in [-0.1, -0.05) is 18.2 Å². The van der Waals surface area contributed by atoms with Gasteiger partial charge in [-0.05, 0) is 25.0 Å². The van der Waals surface area contributed by atoms with Gasteiger partial charge in [-0.3, -0.25) is 14.5 Å². The Hall–Kier alpha value is -2.08. The van der Waals surface area contributed by atoms with Crippen LogP contribution >= 0.6 is 0 Å². The number of hydrogen-bond acceptors (Lipinski definition) is 4. The van der Waals surface area contributed by atoms with Crippen LogP contribution in [0, 0.1) is 0 Å². The zero-order valence-electron chi connectivity index (χ0n) is 15.9. The van der Waals surface area contributed by atoms with Gasteiger partial charge in [0.1, 0.15) is 0 Å².